The Morgan fingerprint density at radius 3 is 2.78 bits per heavy atom. The molecule has 1 aliphatic carbocycles. The summed E-state index contributed by atoms with van der Waals surface area (Å²) >= 11 is 1.55. The second-order valence-corrected chi connectivity index (χ2v) is 7.96. The topological polar surface area (TPSA) is 88.3 Å². The Morgan fingerprint density at radius 2 is 2.19 bits per heavy atom. The van der Waals surface area contributed by atoms with Crippen LogP contribution in [0.3, 0.4) is 0 Å². The number of nitrogens with zero attached hydrogens (tertiary/aromatic N) is 4. The first-order valence-electron chi connectivity index (χ1n) is 8.90. The zero-order valence-corrected chi connectivity index (χ0v) is 15.9. The van der Waals surface area contributed by atoms with Gasteiger partial charge in [-0.25, -0.2) is 9.67 Å². The highest BCUT2D eigenvalue weighted by Crippen LogP contribution is 2.32. The molecule has 0 saturated heterocycles. The van der Waals surface area contributed by atoms with Gasteiger partial charge in [0.15, 0.2) is 5.65 Å². The van der Waals surface area contributed by atoms with Crippen LogP contribution in [0.4, 0.5) is 0 Å². The van der Waals surface area contributed by atoms with Crippen LogP contribution in [0.1, 0.15) is 43.1 Å². The molecule has 1 aliphatic rings. The van der Waals surface area contributed by atoms with Gasteiger partial charge < -0.3 is 10.0 Å². The van der Waals surface area contributed by atoms with Gasteiger partial charge in [-0.15, -0.1) is 11.3 Å². The highest BCUT2D eigenvalue weighted by atomic mass is 32.1. The van der Waals surface area contributed by atoms with E-state index in [9.17, 15) is 14.7 Å². The van der Waals surface area contributed by atoms with Crippen LogP contribution in [0.2, 0.25) is 0 Å². The van der Waals surface area contributed by atoms with Crippen molar-refractivity contribution in [2.24, 2.45) is 0 Å². The van der Waals surface area contributed by atoms with Gasteiger partial charge in [0.25, 0.3) is 5.91 Å². The number of carboxylic acid groups (broad SMARTS) is 1. The van der Waals surface area contributed by atoms with Gasteiger partial charge in [-0.1, -0.05) is 6.07 Å². The molecular formula is C19H20N4O3S. The molecule has 0 spiro atoms. The SMILES string of the molecule is CC(C)n1ncc2c(C(=O)N(CC(=O)O)C3CC3)cc(-c3cccs3)nc21. The second-order valence-electron chi connectivity index (χ2n) is 7.01. The molecule has 27 heavy (non-hydrogen) atoms. The first kappa shape index (κ1) is 17.7. The minimum Gasteiger partial charge on any atom is -0.480 e. The van der Waals surface area contributed by atoms with Crippen molar-refractivity contribution in [1.82, 2.24) is 19.7 Å². The van der Waals surface area contributed by atoms with Crippen molar-refractivity contribution in [3.8, 4) is 10.6 Å². The summed E-state index contributed by atoms with van der Waals surface area (Å²) < 4.78 is 1.79. The summed E-state index contributed by atoms with van der Waals surface area (Å²) in [7, 11) is 0. The van der Waals surface area contributed by atoms with Gasteiger partial charge in [0, 0.05) is 12.1 Å². The minimum atomic E-state index is -1.00. The standard InChI is InChI=1S/C19H20N4O3S/c1-11(2)23-18-14(9-20-23)13(8-15(21-18)16-4-3-7-27-16)19(26)22(10-17(24)25)12-5-6-12/h3-4,7-9,11-12H,5-6,10H2,1-2H3,(H,24,25). The summed E-state index contributed by atoms with van der Waals surface area (Å²) in [5.41, 5.74) is 1.81. The normalized spacial score (nSPS) is 14.0. The molecule has 4 rings (SSSR count). The van der Waals surface area contributed by atoms with Crippen molar-refractivity contribution >= 4 is 34.2 Å². The van der Waals surface area contributed by atoms with E-state index in [4.69, 9.17) is 4.98 Å². The smallest absolute Gasteiger partial charge is 0.323 e. The van der Waals surface area contributed by atoms with Gasteiger partial charge >= 0.3 is 5.97 Å². The van der Waals surface area contributed by atoms with Crippen molar-refractivity contribution in [2.75, 3.05) is 6.54 Å². The number of fused-ring (bicyclic) bond motifs is 1. The molecule has 1 fully saturated rings. The second kappa shape index (κ2) is 6.77. The van der Waals surface area contributed by atoms with Gasteiger partial charge in [0.05, 0.1) is 27.7 Å². The number of thiophene rings is 1. The lowest BCUT2D eigenvalue weighted by molar-refractivity contribution is -0.137. The third-order valence-electron chi connectivity index (χ3n) is 4.61. The maximum Gasteiger partial charge on any atom is 0.323 e. The summed E-state index contributed by atoms with van der Waals surface area (Å²) in [4.78, 5) is 31.7. The summed E-state index contributed by atoms with van der Waals surface area (Å²) in [5, 5.41) is 16.3. The molecule has 0 aromatic carbocycles. The summed E-state index contributed by atoms with van der Waals surface area (Å²) in [6.45, 7) is 3.72. The van der Waals surface area contributed by atoms with Gasteiger partial charge in [-0.3, -0.25) is 9.59 Å². The van der Waals surface area contributed by atoms with Crippen molar-refractivity contribution < 1.29 is 14.7 Å². The van der Waals surface area contributed by atoms with Crippen LogP contribution in [-0.2, 0) is 4.79 Å². The number of pyridine rings is 1. The molecule has 3 aromatic rings. The quantitative estimate of drug-likeness (QED) is 0.703. The molecular weight excluding hydrogens is 364 g/mol. The molecule has 3 aromatic heterocycles. The number of rotatable bonds is 6. The van der Waals surface area contributed by atoms with E-state index >= 15 is 0 Å². The number of hydrogen-bond acceptors (Lipinski definition) is 5. The number of carbonyl (C=O) groups is 2. The lowest BCUT2D eigenvalue weighted by Gasteiger charge is -2.21. The van der Waals surface area contributed by atoms with Crippen LogP contribution in [0, 0.1) is 0 Å². The summed E-state index contributed by atoms with van der Waals surface area (Å²) in [5.74, 6) is -1.27. The van der Waals surface area contributed by atoms with Crippen LogP contribution in [0.5, 0.6) is 0 Å². The Labute approximate surface area is 160 Å². The van der Waals surface area contributed by atoms with Gasteiger partial charge in [-0.2, -0.15) is 5.10 Å². The Morgan fingerprint density at radius 1 is 1.41 bits per heavy atom. The molecule has 8 heteroatoms. The van der Waals surface area contributed by atoms with Crippen LogP contribution in [-0.4, -0.2) is 49.2 Å². The first-order valence-corrected chi connectivity index (χ1v) is 9.78. The summed E-state index contributed by atoms with van der Waals surface area (Å²) in [6.07, 6.45) is 3.34. The average molecular weight is 384 g/mol. The van der Waals surface area contributed by atoms with Gasteiger partial charge in [0.1, 0.15) is 6.54 Å². The highest BCUT2D eigenvalue weighted by molar-refractivity contribution is 7.13. The molecule has 0 aliphatic heterocycles. The van der Waals surface area contributed by atoms with E-state index in [0.717, 1.165) is 17.7 Å². The highest BCUT2D eigenvalue weighted by Gasteiger charge is 2.35. The van der Waals surface area contributed by atoms with E-state index in [1.807, 2.05) is 31.4 Å². The molecule has 140 valence electrons. The molecule has 0 bridgehead atoms. The Kier molecular flexibility index (Phi) is 4.43. The fraction of sp³-hybridized carbons (Fsp3) is 0.368. The van der Waals surface area contributed by atoms with E-state index in [1.54, 1.807) is 28.3 Å². The van der Waals surface area contributed by atoms with Gasteiger partial charge in [-0.05, 0) is 44.2 Å². The Bertz CT molecular complexity index is 1010. The predicted octanol–water partition coefficient (Wildman–Crippen LogP) is 3.43. The van der Waals surface area contributed by atoms with Crippen LogP contribution in [0.15, 0.2) is 29.8 Å². The van der Waals surface area contributed by atoms with E-state index in [0.29, 0.717) is 22.3 Å². The molecule has 3 heterocycles. The summed E-state index contributed by atoms with van der Waals surface area (Å²) in [6, 6.07) is 5.75. The molecule has 7 nitrogen and oxygen atoms in total. The van der Waals surface area contributed by atoms with E-state index in [2.05, 4.69) is 5.10 Å². The van der Waals surface area contributed by atoms with Crippen LogP contribution >= 0.6 is 11.3 Å². The number of hydrogen-bond donors (Lipinski definition) is 1. The zero-order chi connectivity index (χ0) is 19.1. The maximum atomic E-state index is 13.3. The Balaban J connectivity index is 1.87. The zero-order valence-electron chi connectivity index (χ0n) is 15.1. The largest absolute Gasteiger partial charge is 0.480 e. The fourth-order valence-electron chi connectivity index (χ4n) is 3.18. The first-order chi connectivity index (χ1) is 13.0. The van der Waals surface area contributed by atoms with E-state index in [-0.39, 0.29) is 24.5 Å². The molecule has 0 atom stereocenters. The van der Waals surface area contributed by atoms with Crippen molar-refractivity contribution in [1.29, 1.82) is 0 Å². The molecule has 1 saturated carbocycles. The lowest BCUT2D eigenvalue weighted by Crippen LogP contribution is -2.37. The molecule has 0 radical (unpaired) electrons. The molecule has 1 amide bonds. The monoisotopic (exact) mass is 384 g/mol. The van der Waals surface area contributed by atoms with E-state index in [1.165, 1.54) is 4.90 Å². The van der Waals surface area contributed by atoms with Crippen LogP contribution < -0.4 is 0 Å². The fourth-order valence-corrected chi connectivity index (χ4v) is 3.86. The van der Waals surface area contributed by atoms with Crippen molar-refractivity contribution in [3.05, 3.63) is 35.3 Å². The van der Waals surface area contributed by atoms with Gasteiger partial charge in [0.2, 0.25) is 0 Å². The number of aliphatic carboxylic acids is 1. The third-order valence-corrected chi connectivity index (χ3v) is 5.51. The lowest BCUT2D eigenvalue weighted by atomic mass is 10.1. The number of aromatic nitrogens is 3. The minimum absolute atomic E-state index is 0.00199. The number of amides is 1. The average Bonchev–Trinajstić information content (AvgIpc) is 3.15. The Hall–Kier alpha value is -2.74. The number of carbonyl (C=O) groups excluding carboxylic acids is 1. The van der Waals surface area contributed by atoms with Crippen molar-refractivity contribution in [3.63, 3.8) is 0 Å². The number of carboxylic acids is 1. The van der Waals surface area contributed by atoms with Crippen LogP contribution in [0.25, 0.3) is 21.6 Å². The van der Waals surface area contributed by atoms with Crippen molar-refractivity contribution in [2.45, 2.75) is 38.8 Å². The maximum absolute atomic E-state index is 13.3. The predicted molar refractivity (Wildman–Crippen MR) is 103 cm³/mol. The third kappa shape index (κ3) is 3.32. The van der Waals surface area contributed by atoms with E-state index < -0.39 is 5.97 Å². The molecule has 0 unspecified atom stereocenters. The molecule has 1 N–H and O–H groups in total.